The summed E-state index contributed by atoms with van der Waals surface area (Å²) >= 11 is 0. The molecule has 4 aliphatic heterocycles. The fraction of sp³-hybridized carbons (Fsp3) is 0.118. The summed E-state index contributed by atoms with van der Waals surface area (Å²) in [6, 6.07) is 74.6. The third-order valence-electron chi connectivity index (χ3n) is 22.0. The topological polar surface area (TPSA) is 113 Å². The molecule has 0 unspecified atom stereocenters. The minimum absolute atomic E-state index is 0. The molecule has 0 amide bonds. The molecule has 4 aliphatic rings. The van der Waals surface area contributed by atoms with Crippen LogP contribution in [0.3, 0.4) is 0 Å². The van der Waals surface area contributed by atoms with E-state index in [0.717, 1.165) is 184 Å². The van der Waals surface area contributed by atoms with Gasteiger partial charge in [-0.15, -0.1) is 44.1 Å². The van der Waals surface area contributed by atoms with Crippen molar-refractivity contribution in [3.05, 3.63) is 330 Å². The molecule has 6 aromatic heterocycles. The fourth-order valence-electron chi connectivity index (χ4n) is 17.2. The van der Waals surface area contributed by atoms with E-state index in [1.165, 1.54) is 72.3 Å². The van der Waals surface area contributed by atoms with Gasteiger partial charge >= 0.3 is 46.1 Å². The molecule has 0 spiro atoms. The molecule has 0 saturated heterocycles. The summed E-state index contributed by atoms with van der Waals surface area (Å²) in [5.41, 5.74) is 47.6. The Kier molecular flexibility index (Phi) is 19.9. The molecule has 8 aromatic carbocycles. The Bertz CT molecular complexity index is 6630. The number of nitrogens with zero attached hydrogens (tertiary/aromatic N) is 4. The van der Waals surface area contributed by atoms with Crippen LogP contribution >= 0.6 is 0 Å². The van der Waals surface area contributed by atoms with E-state index in [1.54, 1.807) is 0 Å². The van der Waals surface area contributed by atoms with Crippen LogP contribution in [0.4, 0.5) is 0 Å². The van der Waals surface area contributed by atoms with Gasteiger partial charge in [-0.3, -0.25) is 0 Å². The Morgan fingerprint density at radius 1 is 0.188 bits per heavy atom. The number of hydrogen-bond donors (Lipinski definition) is 0. The van der Waals surface area contributed by atoms with Gasteiger partial charge in [-0.05, 0) is 185 Å². The van der Waals surface area contributed by atoms with E-state index >= 15 is 0 Å². The van der Waals surface area contributed by atoms with Crippen LogP contribution in [0.1, 0.15) is 123 Å². The van der Waals surface area contributed by atoms with Gasteiger partial charge in [0.25, 0.3) is 0 Å². The first-order valence-electron chi connectivity index (χ1n) is 37.9. The van der Waals surface area contributed by atoms with Crippen molar-refractivity contribution in [3.63, 3.8) is 0 Å². The van der Waals surface area contributed by atoms with E-state index in [1.807, 2.05) is 0 Å². The Hall–Kier alpha value is -11.9. The Labute approximate surface area is 686 Å². The van der Waals surface area contributed by atoms with E-state index in [0.29, 0.717) is 0 Å². The van der Waals surface area contributed by atoms with Gasteiger partial charge in [-0.25, -0.2) is 19.9 Å². The quantitative estimate of drug-likeness (QED) is 0.111. The maximum Gasteiger partial charge on any atom is 2.00 e. The summed E-state index contributed by atoms with van der Waals surface area (Å²) in [6.45, 7) is 26.2. The molecule has 14 aromatic rings. The molecule has 0 atom stereocenters. The normalized spacial score (nSPS) is 11.9. The van der Waals surface area contributed by atoms with Crippen molar-refractivity contribution in [3.8, 4) is 101 Å². The average Bonchev–Trinajstić information content (AvgIpc) is 1.54. The van der Waals surface area contributed by atoms with Crippen LogP contribution in [0, 0.1) is 94.9 Å². The Morgan fingerprint density at radius 2 is 0.357 bits per heavy atom. The number of fused-ring (bicyclic) bond motifs is 16. The Morgan fingerprint density at radius 3 is 0.554 bits per heavy atom. The summed E-state index contributed by atoms with van der Waals surface area (Å²) in [7, 11) is 0. The molecule has 0 fully saturated rings. The summed E-state index contributed by atoms with van der Waals surface area (Å²) in [5, 5.41) is 0. The van der Waals surface area contributed by atoms with Gasteiger partial charge < -0.3 is 19.9 Å². The summed E-state index contributed by atoms with van der Waals surface area (Å²) in [5.74, 6) is 7.12. The molecular weight excluding hydrogens is 1390 g/mol. The van der Waals surface area contributed by atoms with Crippen molar-refractivity contribution in [1.82, 2.24) is 19.9 Å². The van der Waals surface area contributed by atoms with Crippen LogP contribution in [0.2, 0.25) is 0 Å². The smallest absolute Gasteiger partial charge is 0.656 e. The van der Waals surface area contributed by atoms with Crippen LogP contribution in [-0.2, 0) is 0 Å². The number of aromatic nitrogens is 8. The number of aromatic amines is 4. The molecule has 10 heterocycles. The van der Waals surface area contributed by atoms with E-state index in [-0.39, 0.29) is 46.1 Å². The van der Waals surface area contributed by atoms with Gasteiger partial charge in [-0.2, -0.15) is 0 Å². The zero-order chi connectivity index (χ0) is 75.3. The number of hydrogen-bond acceptors (Lipinski definition) is 0. The maximum absolute atomic E-state index is 5.73. The SMILES string of the molecule is Cc1ccc(-c2c3[nH+]c(c(-c4ccc(C)cc4)c4ccc([n-]4)c(-c4ccc(C#Cc5ccc(-c6c7[nH+]c(c(-c8c(C)cc(C)cc8C)c8ccc([n-]8)c(-c8c(C)cc(C)cc8C)c8[nH+]c(c(-c9c(C)cc(C)cc9C)c9ccc6[n-]9)C=C8)C=C7)cc5)cc4)c4[nH+]c(c(-c5ccc(C)cc5)c5ccc2[n-]5)C=C4)C=C3)cc1.[Mg+2].[Mg+2]. The first kappa shape index (κ1) is 74.2. The van der Waals surface area contributed by atoms with E-state index < -0.39 is 0 Å². The molecule has 8 nitrogen and oxygen atoms in total. The number of nitrogens with one attached hydrogen (secondary N) is 4. The van der Waals surface area contributed by atoms with Crippen molar-refractivity contribution in [1.29, 1.82) is 0 Å². The van der Waals surface area contributed by atoms with Crippen molar-refractivity contribution < 1.29 is 19.9 Å². The molecular formula is C102H82Mg2N8+4. The van der Waals surface area contributed by atoms with Crippen molar-refractivity contribution in [2.75, 3.05) is 0 Å². The number of H-pyrrole nitrogens is 4. The second-order valence-electron chi connectivity index (χ2n) is 30.3. The van der Waals surface area contributed by atoms with E-state index in [9.17, 15) is 0 Å². The van der Waals surface area contributed by atoms with Crippen molar-refractivity contribution in [2.24, 2.45) is 0 Å². The third kappa shape index (κ3) is 13.8. The van der Waals surface area contributed by atoms with Crippen LogP contribution in [0.15, 0.2) is 206 Å². The van der Waals surface area contributed by atoms with Crippen LogP contribution in [-0.4, -0.2) is 46.1 Å². The van der Waals surface area contributed by atoms with Crippen molar-refractivity contribution in [2.45, 2.75) is 83.1 Å². The zero-order valence-electron chi connectivity index (χ0n) is 65.5. The number of rotatable bonds is 8. The predicted octanol–water partition coefficient (Wildman–Crippen LogP) is 21.5. The van der Waals surface area contributed by atoms with Crippen LogP contribution in [0.5, 0.6) is 0 Å². The minimum atomic E-state index is 0. The van der Waals surface area contributed by atoms with Crippen molar-refractivity contribution >= 4 is 139 Å². The van der Waals surface area contributed by atoms with Gasteiger partial charge in [0.05, 0.1) is 0 Å². The molecule has 4 N–H and O–H groups in total. The summed E-state index contributed by atoms with van der Waals surface area (Å²) in [4.78, 5) is 38.5. The zero-order valence-corrected chi connectivity index (χ0v) is 68.3. The van der Waals surface area contributed by atoms with E-state index in [2.05, 4.69) is 370 Å². The minimum Gasteiger partial charge on any atom is -0.656 e. The second kappa shape index (κ2) is 30.0. The summed E-state index contributed by atoms with van der Waals surface area (Å²) < 4.78 is 0. The predicted molar refractivity (Wildman–Crippen MR) is 466 cm³/mol. The fourth-order valence-corrected chi connectivity index (χ4v) is 17.2. The molecule has 10 heteroatoms. The molecule has 16 bridgehead atoms. The second-order valence-corrected chi connectivity index (χ2v) is 30.3. The standard InChI is InChI=1S/C102H78N8.2Mg/c1-57-13-25-71(26-14-57)95-76-35-37-78(103-76)96(72-27-15-58(2)16-28-72)80-39-41-82(105-80)98(83-42-40-81(106-83)97(79-38-36-77(95)104-79)73-29-17-59(3)18-30-73)74-31-21-69(22-32-74)19-20-70-23-33-75(34-24-70)99-84-43-45-86(107-84)100(92-63(7)51-60(4)52-64(92)8)88-47-49-90(109-88)102(94-67(11)55-62(6)56-68(94)12)91-50-48-89(110-91)101(87-46-44-85(99)108-87)93-65(9)53-61(5)54-66(93)10;;/h13-18,21-56H,1-12H3;;/q-4;2*+2/p+4. The first-order valence-corrected chi connectivity index (χ1v) is 37.9. The molecule has 0 saturated carbocycles. The average molecular weight is 1470 g/mol. The Balaban J connectivity index is 0.00000474. The van der Waals surface area contributed by atoms with E-state index in [4.69, 9.17) is 19.9 Å². The summed E-state index contributed by atoms with van der Waals surface area (Å²) in [6.07, 6.45) is 17.6. The third-order valence-corrected chi connectivity index (χ3v) is 22.0. The van der Waals surface area contributed by atoms with Crippen LogP contribution < -0.4 is 39.9 Å². The monoisotopic (exact) mass is 1470 g/mol. The first-order chi connectivity index (χ1) is 53.4. The molecule has 18 rings (SSSR count). The van der Waals surface area contributed by atoms with Gasteiger partial charge in [0.15, 0.2) is 0 Å². The molecule has 112 heavy (non-hydrogen) atoms. The molecule has 0 aliphatic carbocycles. The molecule has 530 valence electrons. The maximum atomic E-state index is 5.73. The largest absolute Gasteiger partial charge is 2.00 e. The molecule has 0 radical (unpaired) electrons. The van der Waals surface area contributed by atoms with Gasteiger partial charge in [0.1, 0.15) is 0 Å². The number of benzene rings is 8. The van der Waals surface area contributed by atoms with Crippen LogP contribution in [0.25, 0.3) is 182 Å². The van der Waals surface area contributed by atoms with Gasteiger partial charge in [-0.1, -0.05) is 227 Å². The number of aryl methyl sites for hydroxylation is 12. The van der Waals surface area contributed by atoms with Gasteiger partial charge in [0.2, 0.25) is 45.6 Å². The van der Waals surface area contributed by atoms with Gasteiger partial charge in [0, 0.05) is 104 Å².